The summed E-state index contributed by atoms with van der Waals surface area (Å²) in [6.07, 6.45) is 0.549. The summed E-state index contributed by atoms with van der Waals surface area (Å²) in [4.78, 5) is 21.6. The van der Waals surface area contributed by atoms with Gasteiger partial charge in [0.15, 0.2) is 11.5 Å². The lowest BCUT2D eigenvalue weighted by Crippen LogP contribution is -2.50. The molecule has 0 atom stereocenters. The van der Waals surface area contributed by atoms with E-state index in [2.05, 4.69) is 35.9 Å². The van der Waals surface area contributed by atoms with E-state index >= 15 is 0 Å². The second-order valence-corrected chi connectivity index (χ2v) is 9.32. The smallest absolute Gasteiger partial charge is 0.223 e. The highest BCUT2D eigenvalue weighted by Crippen LogP contribution is 2.27. The molecule has 0 N–H and O–H groups in total. The molecule has 0 aliphatic carbocycles. The highest BCUT2D eigenvalue weighted by Gasteiger charge is 2.27. The van der Waals surface area contributed by atoms with E-state index in [1.807, 2.05) is 27.5 Å². The molecule has 30 heavy (non-hydrogen) atoms. The molecular formula is C21H27ClN6O2. The lowest BCUT2D eigenvalue weighted by Gasteiger charge is -2.36. The summed E-state index contributed by atoms with van der Waals surface area (Å²) in [5.41, 5.74) is 1.48. The number of anilines is 1. The minimum absolute atomic E-state index is 0.0168. The molecule has 1 amide bonds. The first-order valence-corrected chi connectivity index (χ1v) is 10.5. The predicted molar refractivity (Wildman–Crippen MR) is 117 cm³/mol. The molecule has 0 spiro atoms. The minimum Gasteiger partial charge on any atom is -0.377 e. The monoisotopic (exact) mass is 430 g/mol. The van der Waals surface area contributed by atoms with Crippen molar-refractivity contribution >= 4 is 40.0 Å². The van der Waals surface area contributed by atoms with E-state index in [9.17, 15) is 4.79 Å². The van der Waals surface area contributed by atoms with Crippen molar-refractivity contribution < 1.29 is 9.53 Å². The Hall–Kier alpha value is -2.45. The van der Waals surface area contributed by atoms with Gasteiger partial charge in [-0.15, -0.1) is 10.2 Å². The number of aromatic nitrogens is 4. The first-order chi connectivity index (χ1) is 14.3. The van der Waals surface area contributed by atoms with Crippen molar-refractivity contribution in [2.45, 2.75) is 33.8 Å². The number of rotatable bonds is 4. The molecule has 0 radical (unpaired) electrons. The summed E-state index contributed by atoms with van der Waals surface area (Å²) in [5.74, 6) is 1.65. The standard InChI is InChI=1S/C21H27ClN6O2/c1-21(2,3)12-18(29)26-7-9-27(10-8-26)20-23-16-11-14(22)5-6-15(16)19-25-24-17(13-30-4)28(19)20/h5-6,11H,7-10,12-13H2,1-4H3. The summed E-state index contributed by atoms with van der Waals surface area (Å²) < 4.78 is 7.27. The molecule has 1 aromatic carbocycles. The van der Waals surface area contributed by atoms with E-state index in [1.54, 1.807) is 7.11 Å². The first kappa shape index (κ1) is 20.8. The molecule has 3 aromatic rings. The van der Waals surface area contributed by atoms with Crippen molar-refractivity contribution in [2.24, 2.45) is 5.41 Å². The molecule has 1 aliphatic heterocycles. The summed E-state index contributed by atoms with van der Waals surface area (Å²) >= 11 is 6.21. The van der Waals surface area contributed by atoms with E-state index in [-0.39, 0.29) is 11.3 Å². The lowest BCUT2D eigenvalue weighted by atomic mass is 9.91. The summed E-state index contributed by atoms with van der Waals surface area (Å²) in [7, 11) is 1.63. The third kappa shape index (κ3) is 4.06. The van der Waals surface area contributed by atoms with Crippen molar-refractivity contribution in [3.8, 4) is 0 Å². The van der Waals surface area contributed by atoms with Crippen LogP contribution in [0.5, 0.6) is 0 Å². The summed E-state index contributed by atoms with van der Waals surface area (Å²) in [5, 5.41) is 10.2. The maximum absolute atomic E-state index is 12.6. The molecule has 4 rings (SSSR count). The van der Waals surface area contributed by atoms with E-state index in [0.717, 1.165) is 22.5 Å². The van der Waals surface area contributed by atoms with Gasteiger partial charge in [-0.2, -0.15) is 0 Å². The molecular weight excluding hydrogens is 404 g/mol. The molecule has 0 saturated carbocycles. The van der Waals surface area contributed by atoms with Crippen molar-refractivity contribution in [1.82, 2.24) is 24.5 Å². The molecule has 1 aliphatic rings. The van der Waals surface area contributed by atoms with Crippen LogP contribution < -0.4 is 4.90 Å². The number of hydrogen-bond donors (Lipinski definition) is 0. The third-order valence-corrected chi connectivity index (χ3v) is 5.46. The fourth-order valence-electron chi connectivity index (χ4n) is 3.80. The summed E-state index contributed by atoms with van der Waals surface area (Å²) in [6, 6.07) is 5.59. The number of methoxy groups -OCH3 is 1. The number of ether oxygens (including phenoxy) is 1. The fraction of sp³-hybridized carbons (Fsp3) is 0.524. The highest BCUT2D eigenvalue weighted by molar-refractivity contribution is 6.31. The fourth-order valence-corrected chi connectivity index (χ4v) is 3.97. The Morgan fingerprint density at radius 1 is 1.17 bits per heavy atom. The molecule has 8 nitrogen and oxygen atoms in total. The second-order valence-electron chi connectivity index (χ2n) is 8.89. The Kier molecular flexibility index (Phi) is 5.55. The van der Waals surface area contributed by atoms with Gasteiger partial charge in [-0.25, -0.2) is 9.38 Å². The SMILES string of the molecule is COCc1nnc2c3ccc(Cl)cc3nc(N3CCN(C(=O)CC(C)(C)C)CC3)n12. The van der Waals surface area contributed by atoms with Crippen molar-refractivity contribution in [2.75, 3.05) is 38.2 Å². The molecule has 3 heterocycles. The Morgan fingerprint density at radius 3 is 2.57 bits per heavy atom. The van der Waals surface area contributed by atoms with Gasteiger partial charge in [0.2, 0.25) is 11.9 Å². The Labute approximate surface area is 180 Å². The molecule has 1 fully saturated rings. The Balaban J connectivity index is 1.68. The number of piperazine rings is 1. The zero-order valence-corrected chi connectivity index (χ0v) is 18.6. The number of carbonyl (C=O) groups excluding carboxylic acids is 1. The number of amides is 1. The first-order valence-electron chi connectivity index (χ1n) is 10.1. The van der Waals surface area contributed by atoms with Crippen LogP contribution in [-0.2, 0) is 16.1 Å². The lowest BCUT2D eigenvalue weighted by molar-refractivity contribution is -0.133. The van der Waals surface area contributed by atoms with Gasteiger partial charge >= 0.3 is 0 Å². The average Bonchev–Trinajstić information content (AvgIpc) is 3.10. The third-order valence-electron chi connectivity index (χ3n) is 5.22. The van der Waals surface area contributed by atoms with Crippen molar-refractivity contribution in [3.05, 3.63) is 29.0 Å². The predicted octanol–water partition coefficient (Wildman–Crippen LogP) is 3.16. The zero-order chi connectivity index (χ0) is 21.5. The van der Waals surface area contributed by atoms with Gasteiger partial charge in [0.1, 0.15) is 6.61 Å². The van der Waals surface area contributed by atoms with Gasteiger partial charge in [-0.3, -0.25) is 4.79 Å². The van der Waals surface area contributed by atoms with E-state index < -0.39 is 0 Å². The maximum atomic E-state index is 12.6. The van der Waals surface area contributed by atoms with Gasteiger partial charge in [0.05, 0.1) is 5.52 Å². The topological polar surface area (TPSA) is 75.9 Å². The molecule has 9 heteroatoms. The molecule has 2 aromatic heterocycles. The van der Waals surface area contributed by atoms with E-state index in [1.165, 1.54) is 0 Å². The van der Waals surface area contributed by atoms with Crippen LogP contribution in [0.1, 0.15) is 33.0 Å². The van der Waals surface area contributed by atoms with Crippen LogP contribution in [0.15, 0.2) is 18.2 Å². The normalized spacial score (nSPS) is 15.4. The minimum atomic E-state index is -0.0168. The molecule has 160 valence electrons. The number of halogens is 1. The highest BCUT2D eigenvalue weighted by atomic mass is 35.5. The largest absolute Gasteiger partial charge is 0.377 e. The van der Waals surface area contributed by atoms with Crippen LogP contribution in [0.3, 0.4) is 0 Å². The number of fused-ring (bicyclic) bond motifs is 3. The van der Waals surface area contributed by atoms with Crippen LogP contribution >= 0.6 is 11.6 Å². The maximum Gasteiger partial charge on any atom is 0.223 e. The van der Waals surface area contributed by atoms with Crippen LogP contribution in [-0.4, -0.2) is 63.7 Å². The van der Waals surface area contributed by atoms with Crippen LogP contribution in [0.2, 0.25) is 5.02 Å². The van der Waals surface area contributed by atoms with Gasteiger partial charge in [-0.1, -0.05) is 32.4 Å². The van der Waals surface area contributed by atoms with Crippen LogP contribution in [0.4, 0.5) is 5.95 Å². The second kappa shape index (κ2) is 8.00. The Bertz CT molecular complexity index is 1080. The van der Waals surface area contributed by atoms with Gasteiger partial charge in [0, 0.05) is 50.1 Å². The number of nitrogens with zero attached hydrogens (tertiary/aromatic N) is 6. The number of carbonyl (C=O) groups is 1. The van der Waals surface area contributed by atoms with E-state index in [4.69, 9.17) is 21.3 Å². The zero-order valence-electron chi connectivity index (χ0n) is 17.9. The molecule has 0 bridgehead atoms. The quantitative estimate of drug-likeness (QED) is 0.632. The molecule has 1 saturated heterocycles. The van der Waals surface area contributed by atoms with Gasteiger partial charge < -0.3 is 14.5 Å². The average molecular weight is 431 g/mol. The Morgan fingerprint density at radius 2 is 1.90 bits per heavy atom. The van der Waals surface area contributed by atoms with Crippen molar-refractivity contribution in [3.63, 3.8) is 0 Å². The van der Waals surface area contributed by atoms with Crippen molar-refractivity contribution in [1.29, 1.82) is 0 Å². The van der Waals surface area contributed by atoms with Gasteiger partial charge in [0.25, 0.3) is 0 Å². The number of benzene rings is 1. The van der Waals surface area contributed by atoms with E-state index in [0.29, 0.717) is 50.1 Å². The molecule has 0 unspecified atom stereocenters. The van der Waals surface area contributed by atoms with Gasteiger partial charge in [-0.05, 0) is 23.6 Å². The summed E-state index contributed by atoms with van der Waals surface area (Å²) in [6.45, 7) is 9.30. The van der Waals surface area contributed by atoms with Crippen LogP contribution in [0.25, 0.3) is 16.6 Å². The number of hydrogen-bond acceptors (Lipinski definition) is 6. The van der Waals surface area contributed by atoms with Crippen LogP contribution in [0, 0.1) is 5.41 Å².